The maximum Gasteiger partial charge on any atom is 0.266 e. The van der Waals surface area contributed by atoms with Gasteiger partial charge in [-0.3, -0.25) is 58.8 Å². The van der Waals surface area contributed by atoms with Crippen LogP contribution in [0.5, 0.6) is 5.75 Å². The summed E-state index contributed by atoms with van der Waals surface area (Å²) < 4.78 is 0. The number of benzene rings is 2. The van der Waals surface area contributed by atoms with Gasteiger partial charge in [0.1, 0.15) is 17.8 Å². The molecule has 2 unspecified atom stereocenters. The number of nitrogens with zero attached hydrogens (tertiary/aromatic N) is 2. The van der Waals surface area contributed by atoms with Gasteiger partial charge in [0.2, 0.25) is 23.6 Å². The fourth-order valence-corrected chi connectivity index (χ4v) is 5.38. The molecular formula is C30H30N4O9V. The molecule has 1 radical (unpaired) electrons. The Balaban J connectivity index is 0.000000223. The van der Waals surface area contributed by atoms with Crippen molar-refractivity contribution in [2.24, 2.45) is 0 Å². The van der Waals surface area contributed by atoms with E-state index in [2.05, 4.69) is 10.6 Å². The molecule has 0 aliphatic carbocycles. The third-order valence-electron chi connectivity index (χ3n) is 7.38. The van der Waals surface area contributed by atoms with Crippen molar-refractivity contribution in [2.45, 2.75) is 65.0 Å². The van der Waals surface area contributed by atoms with Crippen LogP contribution in [-0.4, -0.2) is 74.2 Å². The molecule has 2 aromatic rings. The van der Waals surface area contributed by atoms with Crippen LogP contribution in [0.3, 0.4) is 0 Å². The van der Waals surface area contributed by atoms with Gasteiger partial charge in [-0.15, -0.1) is 0 Å². The second-order valence-electron chi connectivity index (χ2n) is 9.79. The van der Waals surface area contributed by atoms with Crippen molar-refractivity contribution in [3.63, 3.8) is 0 Å². The van der Waals surface area contributed by atoms with Crippen molar-refractivity contribution in [3.05, 3.63) is 64.2 Å². The van der Waals surface area contributed by atoms with E-state index >= 15 is 0 Å². The average Bonchev–Trinajstić information content (AvgIpc) is 3.40. The first-order valence-electron chi connectivity index (χ1n) is 13.9. The van der Waals surface area contributed by atoms with Gasteiger partial charge in [-0.05, 0) is 43.0 Å². The van der Waals surface area contributed by atoms with E-state index in [9.17, 15) is 43.5 Å². The monoisotopic (exact) mass is 641 g/mol. The van der Waals surface area contributed by atoms with Gasteiger partial charge in [-0.25, -0.2) is 0 Å². The molecule has 4 heterocycles. The third-order valence-corrected chi connectivity index (χ3v) is 7.38. The molecule has 44 heavy (non-hydrogen) atoms. The van der Waals surface area contributed by atoms with E-state index in [1.165, 1.54) is 18.2 Å². The predicted octanol–water partition coefficient (Wildman–Crippen LogP) is 1.47. The number of aromatic hydroxyl groups is 1. The number of piperidine rings is 2. The molecule has 6 rings (SSSR count). The molecule has 3 N–H and O–H groups in total. The molecule has 2 aromatic carbocycles. The number of nitrogens with one attached hydrogen (secondary N) is 2. The molecule has 4 aliphatic rings. The summed E-state index contributed by atoms with van der Waals surface area (Å²) in [6.07, 6.45) is 1.10. The number of aryl methyl sites for hydroxylation is 1. The summed E-state index contributed by atoms with van der Waals surface area (Å²) in [4.78, 5) is 97.2. The molecule has 0 spiro atoms. The van der Waals surface area contributed by atoms with E-state index in [1.54, 1.807) is 18.2 Å². The molecule has 13 nitrogen and oxygen atoms in total. The van der Waals surface area contributed by atoms with Crippen molar-refractivity contribution in [1.29, 1.82) is 0 Å². The van der Waals surface area contributed by atoms with Crippen LogP contribution in [0, 0.1) is 0 Å². The maximum absolute atomic E-state index is 12.6. The van der Waals surface area contributed by atoms with Crippen molar-refractivity contribution < 1.29 is 62.0 Å². The van der Waals surface area contributed by atoms with E-state index < -0.39 is 53.4 Å². The molecule has 229 valence electrons. The number of hydrogen-bond acceptors (Lipinski definition) is 9. The van der Waals surface area contributed by atoms with E-state index in [1.807, 2.05) is 20.8 Å². The number of phenolic OH excluding ortho intramolecular Hbond substituents is 1. The number of rotatable bonds is 3. The topological polar surface area (TPSA) is 187 Å². The molecule has 0 bridgehead atoms. The van der Waals surface area contributed by atoms with E-state index in [0.717, 1.165) is 15.4 Å². The molecule has 8 amide bonds. The van der Waals surface area contributed by atoms with Gasteiger partial charge < -0.3 is 5.11 Å². The van der Waals surface area contributed by atoms with Crippen molar-refractivity contribution >= 4 is 47.3 Å². The number of carbonyl (C=O) groups excluding carboxylic acids is 8. The largest absolute Gasteiger partial charge is 0.507 e. The number of fused-ring (bicyclic) bond motifs is 2. The smallest absolute Gasteiger partial charge is 0.266 e. The summed E-state index contributed by atoms with van der Waals surface area (Å²) in [5.41, 5.74) is 1.49. The first-order chi connectivity index (χ1) is 20.5. The molecule has 0 aromatic heterocycles. The van der Waals surface area contributed by atoms with Crippen LogP contribution in [0.4, 0.5) is 0 Å². The molecular weight excluding hydrogens is 611 g/mol. The van der Waals surface area contributed by atoms with Gasteiger partial charge in [-0.2, -0.15) is 0 Å². The summed E-state index contributed by atoms with van der Waals surface area (Å²) in [5, 5.41) is 14.0. The quantitative estimate of drug-likeness (QED) is 0.417. The van der Waals surface area contributed by atoms with E-state index in [4.69, 9.17) is 0 Å². The van der Waals surface area contributed by atoms with Crippen LogP contribution < -0.4 is 10.6 Å². The first-order valence-corrected chi connectivity index (χ1v) is 13.9. The molecule has 4 aliphatic heterocycles. The zero-order valence-corrected chi connectivity index (χ0v) is 25.6. The van der Waals surface area contributed by atoms with Crippen LogP contribution in [0.15, 0.2) is 36.4 Å². The molecule has 0 saturated carbocycles. The number of amides is 8. The summed E-state index contributed by atoms with van der Waals surface area (Å²) in [6.45, 7) is 5.90. The summed E-state index contributed by atoms with van der Waals surface area (Å²) in [5.74, 6) is -4.59. The van der Waals surface area contributed by atoms with Gasteiger partial charge in [0.15, 0.2) is 0 Å². The molecule has 14 heteroatoms. The zero-order valence-electron chi connectivity index (χ0n) is 24.2. The standard InChI is InChI=1S/C15H14N2O4.C13H10N2O5.C2H6.V/c1-2-8-4-3-5-9-12(8)15(21)17(14(9)20)10-6-7-11(18)16-13(10)19;16-8-3-1-2-6-10(8)13(20)15(12(6)19)7-4-5-9(17)14-11(7)18;1-2;/h3-5,10H,2,6-7H2,1H3,(H,16,18,19);1-3,7,16H,4-5H2,(H,14,17,18);1-2H3;. The van der Waals surface area contributed by atoms with E-state index in [0.29, 0.717) is 17.5 Å². The van der Waals surface area contributed by atoms with Crippen molar-refractivity contribution in [3.8, 4) is 5.75 Å². The van der Waals surface area contributed by atoms with Crippen LogP contribution in [0.1, 0.15) is 93.4 Å². The first kappa shape index (κ1) is 33.9. The Bertz CT molecular complexity index is 1590. The number of phenols is 1. The fraction of sp³-hybridized carbons (Fsp3) is 0.333. The Hall–Kier alpha value is -4.62. The third kappa shape index (κ3) is 5.93. The van der Waals surface area contributed by atoms with Gasteiger partial charge in [0.25, 0.3) is 23.6 Å². The van der Waals surface area contributed by atoms with Crippen LogP contribution >= 0.6 is 0 Å². The Labute approximate surface area is 264 Å². The van der Waals surface area contributed by atoms with E-state index in [-0.39, 0.29) is 67.0 Å². The Morgan fingerprint density at radius 3 is 1.55 bits per heavy atom. The average molecular weight is 642 g/mol. The molecule has 2 saturated heterocycles. The predicted molar refractivity (Wildman–Crippen MR) is 149 cm³/mol. The minimum Gasteiger partial charge on any atom is -0.507 e. The zero-order chi connectivity index (χ0) is 31.6. The summed E-state index contributed by atoms with van der Waals surface area (Å²) in [6, 6.07) is 7.39. The van der Waals surface area contributed by atoms with Crippen LogP contribution in [0.25, 0.3) is 0 Å². The minimum atomic E-state index is -1.01. The maximum atomic E-state index is 12.6. The van der Waals surface area contributed by atoms with Crippen molar-refractivity contribution in [2.75, 3.05) is 0 Å². The normalized spacial score (nSPS) is 20.4. The molecule has 2 fully saturated rings. The number of carbonyl (C=O) groups is 8. The second-order valence-corrected chi connectivity index (χ2v) is 9.79. The summed E-state index contributed by atoms with van der Waals surface area (Å²) >= 11 is 0. The Morgan fingerprint density at radius 2 is 1.11 bits per heavy atom. The number of imide groups is 4. The fourth-order valence-electron chi connectivity index (χ4n) is 5.38. The minimum absolute atomic E-state index is 0. The SMILES string of the molecule is CC.CCc1cccc2c1C(=O)N(C1CCC(=O)NC1=O)C2=O.O=C1CCC(N2C(=O)c3cccc(O)c3C2=O)C(=O)N1.[V]. The molecule has 2 atom stereocenters. The van der Waals surface area contributed by atoms with Crippen molar-refractivity contribution in [1.82, 2.24) is 20.4 Å². The van der Waals surface area contributed by atoms with Gasteiger partial charge in [0.05, 0.1) is 22.3 Å². The van der Waals surface area contributed by atoms with Crippen LogP contribution in [-0.2, 0) is 44.2 Å². The van der Waals surface area contributed by atoms with Gasteiger partial charge in [0, 0.05) is 31.4 Å². The van der Waals surface area contributed by atoms with Gasteiger partial charge in [-0.1, -0.05) is 39.0 Å². The number of hydrogen-bond donors (Lipinski definition) is 3. The van der Waals surface area contributed by atoms with Gasteiger partial charge >= 0.3 is 0 Å². The Kier molecular flexibility index (Phi) is 10.6. The second kappa shape index (κ2) is 13.8. The summed E-state index contributed by atoms with van der Waals surface area (Å²) in [7, 11) is 0. The van der Waals surface area contributed by atoms with Crippen LogP contribution in [0.2, 0.25) is 0 Å². The Morgan fingerprint density at radius 1 is 0.682 bits per heavy atom.